The molecule has 3 rings (SSSR count). The topological polar surface area (TPSA) is 161 Å². The average Bonchev–Trinajstić information content (AvgIpc) is 2.86. The van der Waals surface area contributed by atoms with Crippen LogP contribution in [0.15, 0.2) is 48.5 Å². The Bertz CT molecular complexity index is 1220. The summed E-state index contributed by atoms with van der Waals surface area (Å²) in [6.07, 6.45) is -6.89. The molecule has 0 aromatic heterocycles. The van der Waals surface area contributed by atoms with E-state index in [-0.39, 0.29) is 11.3 Å². The third-order valence-corrected chi connectivity index (χ3v) is 5.45. The van der Waals surface area contributed by atoms with Crippen LogP contribution in [0.3, 0.4) is 0 Å². The summed E-state index contributed by atoms with van der Waals surface area (Å²) in [4.78, 5) is 59.9. The van der Waals surface area contributed by atoms with E-state index >= 15 is 0 Å². The van der Waals surface area contributed by atoms with Crippen LogP contribution in [0.25, 0.3) is 0 Å². The number of ether oxygens (including phenoxy) is 6. The maximum absolute atomic E-state index is 12.8. The molecule has 39 heavy (non-hydrogen) atoms. The van der Waals surface area contributed by atoms with Crippen LogP contribution < -0.4 is 4.74 Å². The minimum atomic E-state index is -1.49. The number of hydrogen-bond acceptors (Lipinski definition) is 12. The molecule has 0 saturated carbocycles. The van der Waals surface area contributed by atoms with Gasteiger partial charge >= 0.3 is 23.9 Å². The maximum Gasteiger partial charge on any atom is 0.303 e. The summed E-state index contributed by atoms with van der Waals surface area (Å²) >= 11 is 0. The van der Waals surface area contributed by atoms with E-state index in [1.54, 1.807) is 30.3 Å². The quantitative estimate of drug-likeness (QED) is 0.278. The van der Waals surface area contributed by atoms with Crippen molar-refractivity contribution in [3.05, 3.63) is 59.7 Å². The van der Waals surface area contributed by atoms with Crippen LogP contribution in [0.4, 0.5) is 0 Å². The van der Waals surface area contributed by atoms with Crippen LogP contribution >= 0.6 is 0 Å². The molecule has 1 aliphatic heterocycles. The average molecular weight is 545 g/mol. The second-order valence-electron chi connectivity index (χ2n) is 8.56. The van der Waals surface area contributed by atoms with Crippen molar-refractivity contribution >= 4 is 29.7 Å². The predicted octanol–water partition coefficient (Wildman–Crippen LogP) is 2.09. The van der Waals surface area contributed by atoms with Gasteiger partial charge in [-0.1, -0.05) is 30.3 Å². The lowest BCUT2D eigenvalue weighted by atomic mass is 9.98. The molecule has 0 amide bonds. The first-order valence-electron chi connectivity index (χ1n) is 11.9. The fraction of sp³-hybridized carbons (Fsp3) is 0.370. The number of benzene rings is 2. The molecule has 2 aromatic rings. The molecule has 0 radical (unpaired) electrons. The Kier molecular flexibility index (Phi) is 9.61. The van der Waals surface area contributed by atoms with Crippen molar-refractivity contribution < 1.29 is 57.5 Å². The molecule has 2 aromatic carbocycles. The summed E-state index contributed by atoms with van der Waals surface area (Å²) in [5, 5.41) is 10.6. The summed E-state index contributed by atoms with van der Waals surface area (Å²) in [6, 6.07) is 12.2. The Balaban J connectivity index is 1.95. The van der Waals surface area contributed by atoms with Crippen molar-refractivity contribution in [1.29, 1.82) is 0 Å². The maximum atomic E-state index is 12.8. The minimum Gasteiger partial charge on any atom is -0.507 e. The highest BCUT2D eigenvalue weighted by Gasteiger charge is 2.53. The van der Waals surface area contributed by atoms with Crippen molar-refractivity contribution in [2.24, 2.45) is 0 Å². The molecule has 0 bridgehead atoms. The van der Waals surface area contributed by atoms with E-state index in [0.29, 0.717) is 5.56 Å². The molecular weight excluding hydrogens is 516 g/mol. The highest BCUT2D eigenvalue weighted by Crippen LogP contribution is 2.33. The zero-order valence-corrected chi connectivity index (χ0v) is 21.7. The number of phenols is 1. The van der Waals surface area contributed by atoms with Crippen molar-refractivity contribution in [3.8, 4) is 11.5 Å². The number of rotatable bonds is 9. The van der Waals surface area contributed by atoms with Gasteiger partial charge < -0.3 is 33.5 Å². The highest BCUT2D eigenvalue weighted by atomic mass is 16.7. The molecular formula is C27H28O12. The number of carbonyl (C=O) groups excluding carboxylic acids is 5. The molecule has 1 N–H and O–H groups in total. The summed E-state index contributed by atoms with van der Waals surface area (Å²) in [5.74, 6) is -3.83. The van der Waals surface area contributed by atoms with E-state index in [4.69, 9.17) is 28.4 Å². The Labute approximate surface area is 223 Å². The van der Waals surface area contributed by atoms with Crippen LogP contribution in [0.1, 0.15) is 43.6 Å². The van der Waals surface area contributed by atoms with Crippen molar-refractivity contribution in [2.75, 3.05) is 6.61 Å². The van der Waals surface area contributed by atoms with Gasteiger partial charge in [-0.25, -0.2) is 0 Å². The Morgan fingerprint density at radius 2 is 1.36 bits per heavy atom. The van der Waals surface area contributed by atoms with Crippen LogP contribution in [0, 0.1) is 0 Å². The van der Waals surface area contributed by atoms with Gasteiger partial charge in [-0.2, -0.15) is 0 Å². The van der Waals surface area contributed by atoms with Crippen LogP contribution in [0.5, 0.6) is 11.5 Å². The standard InChI is InChI=1S/C27H28O12/c1-14(28)34-13-22-24(35-15(2)29)25(36-16(3)30)26(37-17(4)31)27(39-22)38-19-10-11-20(21(32)12-19)23(33)18-8-6-5-7-9-18/h5-12,22,24-27,32H,13H2,1-4H3/t22-,24-,25-,26-,27+/m0/s1. The SMILES string of the molecule is CC(=O)OC[C@@H]1O[C@@H](Oc2ccc(C(=O)c3ccccc3)c(O)c2)[C@@H](OC(C)=O)[C@@H](OC(C)=O)[C@H]1OC(C)=O. The zero-order chi connectivity index (χ0) is 28.7. The van der Waals surface area contributed by atoms with E-state index in [1.165, 1.54) is 12.1 Å². The molecule has 1 aliphatic rings. The monoisotopic (exact) mass is 544 g/mol. The van der Waals surface area contributed by atoms with E-state index in [0.717, 1.165) is 33.8 Å². The number of aromatic hydroxyl groups is 1. The van der Waals surface area contributed by atoms with Crippen LogP contribution in [-0.2, 0) is 42.9 Å². The molecule has 0 spiro atoms. The highest BCUT2D eigenvalue weighted by molar-refractivity contribution is 6.10. The van der Waals surface area contributed by atoms with Gasteiger partial charge in [0.05, 0.1) is 5.56 Å². The zero-order valence-electron chi connectivity index (χ0n) is 21.7. The Morgan fingerprint density at radius 3 is 1.92 bits per heavy atom. The molecule has 0 unspecified atom stereocenters. The van der Waals surface area contributed by atoms with Gasteiger partial charge in [0, 0.05) is 39.3 Å². The van der Waals surface area contributed by atoms with E-state index in [1.807, 2.05) is 0 Å². The smallest absolute Gasteiger partial charge is 0.303 e. The molecule has 12 nitrogen and oxygen atoms in total. The minimum absolute atomic E-state index is 0.00184. The lowest BCUT2D eigenvalue weighted by Crippen LogP contribution is -2.63. The summed E-state index contributed by atoms with van der Waals surface area (Å²) < 4.78 is 32.8. The molecule has 1 fully saturated rings. The predicted molar refractivity (Wildman–Crippen MR) is 131 cm³/mol. The van der Waals surface area contributed by atoms with Gasteiger partial charge in [0.1, 0.15) is 24.2 Å². The van der Waals surface area contributed by atoms with Crippen molar-refractivity contribution in [2.45, 2.75) is 58.4 Å². The third kappa shape index (κ3) is 7.77. The van der Waals surface area contributed by atoms with Crippen LogP contribution in [0.2, 0.25) is 0 Å². The van der Waals surface area contributed by atoms with Gasteiger partial charge in [-0.3, -0.25) is 24.0 Å². The summed E-state index contributed by atoms with van der Waals surface area (Å²) in [5.41, 5.74) is 0.371. The first-order chi connectivity index (χ1) is 18.5. The van der Waals surface area contributed by atoms with Gasteiger partial charge in [0.15, 0.2) is 18.0 Å². The van der Waals surface area contributed by atoms with Gasteiger partial charge in [-0.15, -0.1) is 0 Å². The van der Waals surface area contributed by atoms with E-state index in [2.05, 4.69) is 0 Å². The molecule has 0 aliphatic carbocycles. The largest absolute Gasteiger partial charge is 0.507 e. The van der Waals surface area contributed by atoms with E-state index < -0.39 is 72.7 Å². The van der Waals surface area contributed by atoms with E-state index in [9.17, 15) is 29.1 Å². The van der Waals surface area contributed by atoms with Crippen molar-refractivity contribution in [1.82, 2.24) is 0 Å². The van der Waals surface area contributed by atoms with Crippen LogP contribution in [-0.4, -0.2) is 72.1 Å². The van der Waals surface area contributed by atoms with Gasteiger partial charge in [0.2, 0.25) is 12.4 Å². The number of esters is 4. The fourth-order valence-electron chi connectivity index (χ4n) is 3.94. The van der Waals surface area contributed by atoms with Gasteiger partial charge in [-0.05, 0) is 12.1 Å². The molecule has 208 valence electrons. The Morgan fingerprint density at radius 1 is 0.769 bits per heavy atom. The summed E-state index contributed by atoms with van der Waals surface area (Å²) in [6.45, 7) is 4.04. The molecule has 1 heterocycles. The fourth-order valence-corrected chi connectivity index (χ4v) is 3.94. The molecule has 1 saturated heterocycles. The first kappa shape index (κ1) is 29.1. The number of hydrogen-bond donors (Lipinski definition) is 1. The second kappa shape index (κ2) is 12.9. The number of phenolic OH excluding ortho intramolecular Hbond substituents is 1. The van der Waals surface area contributed by atoms with Crippen molar-refractivity contribution in [3.63, 3.8) is 0 Å². The first-order valence-corrected chi connectivity index (χ1v) is 11.9. The number of carbonyl (C=O) groups is 5. The summed E-state index contributed by atoms with van der Waals surface area (Å²) in [7, 11) is 0. The lowest BCUT2D eigenvalue weighted by molar-refractivity contribution is -0.288. The van der Waals surface area contributed by atoms with Gasteiger partial charge in [0.25, 0.3) is 0 Å². The normalized spacial score (nSPS) is 22.2. The lowest BCUT2D eigenvalue weighted by Gasteiger charge is -2.43. The second-order valence-corrected chi connectivity index (χ2v) is 8.56. The third-order valence-electron chi connectivity index (χ3n) is 5.45. The molecule has 12 heteroatoms. The molecule has 5 atom stereocenters. The Hall–Kier alpha value is -4.45. The number of ketones is 1.